The maximum atomic E-state index is 11.6. The van der Waals surface area contributed by atoms with Crippen LogP contribution >= 0.6 is 15.9 Å². The van der Waals surface area contributed by atoms with E-state index in [1.165, 1.54) is 5.56 Å². The van der Waals surface area contributed by atoms with Crippen LogP contribution in [0.25, 0.3) is 0 Å². The normalized spacial score (nSPS) is 32.6. The molecule has 84 valence electrons. The highest BCUT2D eigenvalue weighted by molar-refractivity contribution is 9.10. The van der Waals surface area contributed by atoms with E-state index >= 15 is 0 Å². The summed E-state index contributed by atoms with van der Waals surface area (Å²) in [4.78, 5) is 11.6. The monoisotopic (exact) mass is 279 g/mol. The van der Waals surface area contributed by atoms with Crippen LogP contribution in [0.15, 0.2) is 28.7 Å². The van der Waals surface area contributed by atoms with Crippen LogP contribution in [-0.4, -0.2) is 12.5 Å². The number of rotatable bonds is 1. The van der Waals surface area contributed by atoms with Crippen molar-refractivity contribution in [3.8, 4) is 0 Å². The van der Waals surface area contributed by atoms with Gasteiger partial charge in [-0.1, -0.05) is 28.1 Å². The fraction of sp³-hybridized carbons (Fsp3) is 0.462. The number of nitrogens with one attached hydrogen (secondary N) is 1. The summed E-state index contributed by atoms with van der Waals surface area (Å²) >= 11 is 3.52. The molecule has 2 bridgehead atoms. The van der Waals surface area contributed by atoms with E-state index in [1.54, 1.807) is 0 Å². The van der Waals surface area contributed by atoms with Crippen molar-refractivity contribution in [2.75, 3.05) is 6.54 Å². The summed E-state index contributed by atoms with van der Waals surface area (Å²) in [6.07, 6.45) is 3.19. The van der Waals surface area contributed by atoms with Crippen molar-refractivity contribution in [1.82, 2.24) is 5.32 Å². The van der Waals surface area contributed by atoms with E-state index in [2.05, 4.69) is 39.4 Å². The molecule has 1 saturated carbocycles. The fourth-order valence-electron chi connectivity index (χ4n) is 3.09. The predicted octanol–water partition coefficient (Wildman–Crippen LogP) is 2.62. The average molecular weight is 280 g/mol. The molecule has 1 N–H and O–H groups in total. The lowest BCUT2D eigenvalue weighted by molar-refractivity contribution is -0.126. The van der Waals surface area contributed by atoms with Crippen molar-refractivity contribution in [3.63, 3.8) is 0 Å². The Bertz CT molecular complexity index is 445. The van der Waals surface area contributed by atoms with Gasteiger partial charge in [0, 0.05) is 22.4 Å². The third-order valence-corrected chi connectivity index (χ3v) is 4.51. The van der Waals surface area contributed by atoms with E-state index in [-0.39, 0.29) is 17.2 Å². The summed E-state index contributed by atoms with van der Waals surface area (Å²) in [5.74, 6) is 0.496. The van der Waals surface area contributed by atoms with Crippen LogP contribution in [0.2, 0.25) is 0 Å². The van der Waals surface area contributed by atoms with E-state index in [1.807, 2.05) is 6.07 Å². The minimum Gasteiger partial charge on any atom is -0.355 e. The van der Waals surface area contributed by atoms with E-state index in [9.17, 15) is 4.79 Å². The number of benzene rings is 1. The fourth-order valence-corrected chi connectivity index (χ4v) is 3.49. The van der Waals surface area contributed by atoms with Crippen LogP contribution in [0.1, 0.15) is 24.8 Å². The molecule has 3 heteroatoms. The number of halogens is 1. The molecule has 2 nitrogen and oxygen atoms in total. The first kappa shape index (κ1) is 10.3. The number of fused-ring (bicyclic) bond motifs is 2. The summed E-state index contributed by atoms with van der Waals surface area (Å²) in [6, 6.07) is 8.51. The van der Waals surface area contributed by atoms with Gasteiger partial charge < -0.3 is 5.32 Å². The molecule has 1 aliphatic carbocycles. The molecule has 1 heterocycles. The Morgan fingerprint density at radius 1 is 1.44 bits per heavy atom. The predicted molar refractivity (Wildman–Crippen MR) is 66.2 cm³/mol. The van der Waals surface area contributed by atoms with Gasteiger partial charge in [-0.15, -0.1) is 0 Å². The SMILES string of the molecule is O=C1NCC2(c3cccc(Br)c3)CCC1C2. The van der Waals surface area contributed by atoms with E-state index in [0.717, 1.165) is 30.3 Å². The maximum Gasteiger partial charge on any atom is 0.223 e. The number of amides is 1. The van der Waals surface area contributed by atoms with Gasteiger partial charge in [-0.3, -0.25) is 4.79 Å². The van der Waals surface area contributed by atoms with Crippen molar-refractivity contribution >= 4 is 21.8 Å². The highest BCUT2D eigenvalue weighted by Gasteiger charge is 2.46. The molecule has 1 saturated heterocycles. The third kappa shape index (κ3) is 1.49. The number of carbonyl (C=O) groups excluding carboxylic acids is 1. The summed E-state index contributed by atoms with van der Waals surface area (Å²) in [5, 5.41) is 3.05. The smallest absolute Gasteiger partial charge is 0.223 e. The maximum absolute atomic E-state index is 11.6. The standard InChI is InChI=1S/C13H14BrNO/c14-11-3-1-2-10(6-11)13-5-4-9(7-13)12(16)15-8-13/h1-3,6,9H,4-5,7-8H2,(H,15,16). The molecule has 0 spiro atoms. The zero-order valence-corrected chi connectivity index (χ0v) is 10.6. The highest BCUT2D eigenvalue weighted by atomic mass is 79.9. The molecule has 0 aromatic heterocycles. The van der Waals surface area contributed by atoms with E-state index in [4.69, 9.17) is 0 Å². The molecule has 2 unspecified atom stereocenters. The van der Waals surface area contributed by atoms with Crippen LogP contribution in [-0.2, 0) is 10.2 Å². The summed E-state index contributed by atoms with van der Waals surface area (Å²) in [6.45, 7) is 0.804. The van der Waals surface area contributed by atoms with E-state index in [0.29, 0.717) is 0 Å². The van der Waals surface area contributed by atoms with Gasteiger partial charge in [-0.25, -0.2) is 0 Å². The summed E-state index contributed by atoms with van der Waals surface area (Å²) in [5.41, 5.74) is 1.56. The van der Waals surface area contributed by atoms with Gasteiger partial charge in [-0.05, 0) is 37.0 Å². The van der Waals surface area contributed by atoms with Crippen molar-refractivity contribution in [1.29, 1.82) is 0 Å². The van der Waals surface area contributed by atoms with Gasteiger partial charge in [0.25, 0.3) is 0 Å². The molecule has 1 amide bonds. The summed E-state index contributed by atoms with van der Waals surface area (Å²) in [7, 11) is 0. The minimum absolute atomic E-state index is 0.197. The average Bonchev–Trinajstić information content (AvgIpc) is 2.66. The second-order valence-electron chi connectivity index (χ2n) is 4.95. The molecule has 1 aromatic rings. The second-order valence-corrected chi connectivity index (χ2v) is 5.86. The Morgan fingerprint density at radius 2 is 2.31 bits per heavy atom. The quantitative estimate of drug-likeness (QED) is 0.841. The molecule has 2 aliphatic rings. The van der Waals surface area contributed by atoms with Crippen LogP contribution < -0.4 is 5.32 Å². The first-order chi connectivity index (χ1) is 7.70. The van der Waals surface area contributed by atoms with Gasteiger partial charge in [-0.2, -0.15) is 0 Å². The Hall–Kier alpha value is -0.830. The molecule has 2 atom stereocenters. The van der Waals surface area contributed by atoms with Gasteiger partial charge >= 0.3 is 0 Å². The lowest BCUT2D eigenvalue weighted by Crippen LogP contribution is -2.45. The Balaban J connectivity index is 1.98. The minimum atomic E-state index is 0.197. The van der Waals surface area contributed by atoms with E-state index < -0.39 is 0 Å². The van der Waals surface area contributed by atoms with Gasteiger partial charge in [0.05, 0.1) is 0 Å². The number of hydrogen-bond acceptors (Lipinski definition) is 1. The zero-order valence-electron chi connectivity index (χ0n) is 9.00. The lowest BCUT2D eigenvalue weighted by atomic mass is 9.76. The Kier molecular flexibility index (Phi) is 2.32. The Morgan fingerprint density at radius 3 is 3.12 bits per heavy atom. The van der Waals surface area contributed by atoms with Crippen LogP contribution in [0.5, 0.6) is 0 Å². The molecular formula is C13H14BrNO. The van der Waals surface area contributed by atoms with Gasteiger partial charge in [0.1, 0.15) is 0 Å². The molecule has 1 aliphatic heterocycles. The molecule has 16 heavy (non-hydrogen) atoms. The highest BCUT2D eigenvalue weighted by Crippen LogP contribution is 2.46. The zero-order chi connectivity index (χ0) is 11.2. The topological polar surface area (TPSA) is 29.1 Å². The second kappa shape index (κ2) is 3.59. The lowest BCUT2D eigenvalue weighted by Gasteiger charge is -2.34. The van der Waals surface area contributed by atoms with Crippen molar-refractivity contribution in [3.05, 3.63) is 34.3 Å². The molecule has 3 rings (SSSR count). The first-order valence-corrected chi connectivity index (χ1v) is 6.53. The summed E-state index contributed by atoms with van der Waals surface area (Å²) < 4.78 is 1.12. The van der Waals surface area contributed by atoms with Crippen LogP contribution in [0.3, 0.4) is 0 Å². The Labute approximate surface area is 104 Å². The van der Waals surface area contributed by atoms with Crippen LogP contribution in [0.4, 0.5) is 0 Å². The largest absolute Gasteiger partial charge is 0.355 e. The molecule has 0 radical (unpaired) electrons. The van der Waals surface area contributed by atoms with Crippen molar-refractivity contribution in [2.24, 2.45) is 5.92 Å². The van der Waals surface area contributed by atoms with Gasteiger partial charge in [0.2, 0.25) is 5.91 Å². The molecular weight excluding hydrogens is 266 g/mol. The van der Waals surface area contributed by atoms with Crippen LogP contribution in [0, 0.1) is 5.92 Å². The molecule has 2 fully saturated rings. The number of carbonyl (C=O) groups is 1. The number of piperidine rings is 1. The first-order valence-electron chi connectivity index (χ1n) is 5.73. The van der Waals surface area contributed by atoms with Crippen molar-refractivity contribution < 1.29 is 4.79 Å². The molecule has 1 aromatic carbocycles. The van der Waals surface area contributed by atoms with Gasteiger partial charge in [0.15, 0.2) is 0 Å². The van der Waals surface area contributed by atoms with Crippen molar-refractivity contribution in [2.45, 2.75) is 24.7 Å². The number of hydrogen-bond donors (Lipinski definition) is 1. The third-order valence-electron chi connectivity index (χ3n) is 4.02.